The summed E-state index contributed by atoms with van der Waals surface area (Å²) in [5.74, 6) is 1.32. The third kappa shape index (κ3) is 4.95. The highest BCUT2D eigenvalue weighted by Crippen LogP contribution is 2.24. The molecule has 1 aromatic carbocycles. The maximum absolute atomic E-state index is 13.4. The number of nitrogens with zero attached hydrogens (tertiary/aromatic N) is 7. The van der Waals surface area contributed by atoms with E-state index in [2.05, 4.69) is 25.0 Å². The zero-order valence-corrected chi connectivity index (χ0v) is 20.2. The van der Waals surface area contributed by atoms with E-state index < -0.39 is 0 Å². The van der Waals surface area contributed by atoms with Crippen LogP contribution in [0, 0.1) is 13.8 Å². The summed E-state index contributed by atoms with van der Waals surface area (Å²) in [7, 11) is 0. The van der Waals surface area contributed by atoms with Crippen LogP contribution in [0.5, 0.6) is 0 Å². The number of hydrogen-bond donors (Lipinski definition) is 0. The molecule has 4 heterocycles. The van der Waals surface area contributed by atoms with Crippen molar-refractivity contribution in [3.05, 3.63) is 82.9 Å². The number of rotatable bonds is 6. The Morgan fingerprint density at radius 3 is 2.56 bits per heavy atom. The van der Waals surface area contributed by atoms with Crippen LogP contribution in [0.1, 0.15) is 32.9 Å². The number of piperazine rings is 1. The maximum atomic E-state index is 13.4. The normalized spacial score (nSPS) is 14.6. The number of carbonyl (C=O) groups is 1. The number of benzene rings is 1. The van der Waals surface area contributed by atoms with Gasteiger partial charge in [0.05, 0.1) is 0 Å². The van der Waals surface area contributed by atoms with Crippen molar-refractivity contribution in [1.82, 2.24) is 34.4 Å². The number of carbonyl (C=O) groups excluding carboxylic acids is 1. The number of thioether (sulfide) groups is 1. The first-order valence-corrected chi connectivity index (χ1v) is 12.4. The third-order valence-corrected chi connectivity index (χ3v) is 6.90. The van der Waals surface area contributed by atoms with E-state index in [0.717, 1.165) is 55.2 Å². The second kappa shape index (κ2) is 9.90. The van der Waals surface area contributed by atoms with E-state index in [1.807, 2.05) is 73.6 Å². The Morgan fingerprint density at radius 2 is 1.76 bits per heavy atom. The minimum absolute atomic E-state index is 0.0934. The molecule has 8 nitrogen and oxygen atoms in total. The number of amides is 1. The minimum Gasteiger partial charge on any atom is -0.336 e. The summed E-state index contributed by atoms with van der Waals surface area (Å²) in [6.45, 7) is 8.01. The van der Waals surface area contributed by atoms with Crippen LogP contribution in [0.15, 0.2) is 60.0 Å². The smallest absolute Gasteiger partial charge is 0.254 e. The molecular formula is C25H27N7OS. The average Bonchev–Trinajstić information content (AvgIpc) is 3.27. The van der Waals surface area contributed by atoms with Gasteiger partial charge in [0.1, 0.15) is 0 Å². The Labute approximate surface area is 203 Å². The molecular weight excluding hydrogens is 446 g/mol. The Kier molecular flexibility index (Phi) is 6.55. The lowest BCUT2D eigenvalue weighted by atomic mass is 10.1. The zero-order chi connectivity index (χ0) is 23.5. The predicted molar refractivity (Wildman–Crippen MR) is 132 cm³/mol. The van der Waals surface area contributed by atoms with Crippen LogP contribution in [0.3, 0.4) is 0 Å². The standard InChI is InChI=1S/C25H27N7OS/c1-18-15-19(2)32-24(27-18)28-25(29-32)34-17-21-5-3-4-6-22(21)23(33)31-13-11-30(12-14-31)16-20-7-9-26-10-8-20/h3-10,15H,11-14,16-17H2,1-2H3. The van der Waals surface area contributed by atoms with Crippen molar-refractivity contribution in [1.29, 1.82) is 0 Å². The molecule has 1 fully saturated rings. The lowest BCUT2D eigenvalue weighted by Gasteiger charge is -2.35. The molecule has 4 aromatic rings. The van der Waals surface area contributed by atoms with Crippen molar-refractivity contribution in [2.75, 3.05) is 26.2 Å². The van der Waals surface area contributed by atoms with E-state index in [9.17, 15) is 4.79 Å². The molecule has 1 saturated heterocycles. The van der Waals surface area contributed by atoms with E-state index in [-0.39, 0.29) is 5.91 Å². The predicted octanol–water partition coefficient (Wildman–Crippen LogP) is 3.39. The SMILES string of the molecule is Cc1cc(C)n2nc(SCc3ccccc3C(=O)N3CCN(Cc4ccncc4)CC3)nc2n1. The summed E-state index contributed by atoms with van der Waals surface area (Å²) in [4.78, 5) is 30.8. The van der Waals surface area contributed by atoms with E-state index in [0.29, 0.717) is 16.7 Å². The first kappa shape index (κ1) is 22.5. The Balaban J connectivity index is 1.23. The van der Waals surface area contributed by atoms with Gasteiger partial charge >= 0.3 is 0 Å². The lowest BCUT2D eigenvalue weighted by molar-refractivity contribution is 0.0627. The van der Waals surface area contributed by atoms with Crippen molar-refractivity contribution in [2.45, 2.75) is 31.3 Å². The fraction of sp³-hybridized carbons (Fsp3) is 0.320. The van der Waals surface area contributed by atoms with E-state index in [1.165, 1.54) is 17.3 Å². The maximum Gasteiger partial charge on any atom is 0.254 e. The van der Waals surface area contributed by atoms with Crippen LogP contribution >= 0.6 is 11.8 Å². The number of hydrogen-bond acceptors (Lipinski definition) is 7. The summed E-state index contributed by atoms with van der Waals surface area (Å²) < 4.78 is 1.76. The number of aryl methyl sites for hydroxylation is 2. The van der Waals surface area contributed by atoms with E-state index >= 15 is 0 Å². The van der Waals surface area contributed by atoms with Gasteiger partial charge in [-0.05, 0) is 49.2 Å². The molecule has 1 aliphatic heterocycles. The van der Waals surface area contributed by atoms with Crippen LogP contribution in [0.4, 0.5) is 0 Å². The molecule has 5 rings (SSSR count). The van der Waals surface area contributed by atoms with Gasteiger partial charge in [-0.3, -0.25) is 14.7 Å². The van der Waals surface area contributed by atoms with Crippen LogP contribution in [-0.4, -0.2) is 66.5 Å². The molecule has 1 amide bonds. The molecule has 0 atom stereocenters. The van der Waals surface area contributed by atoms with Gasteiger partial charge in [-0.15, -0.1) is 5.10 Å². The Bertz CT molecular complexity index is 1300. The Hall–Kier alpha value is -3.30. The summed E-state index contributed by atoms with van der Waals surface area (Å²) in [5, 5.41) is 5.24. The first-order chi connectivity index (χ1) is 16.6. The van der Waals surface area contributed by atoms with Crippen molar-refractivity contribution in [2.24, 2.45) is 0 Å². The first-order valence-electron chi connectivity index (χ1n) is 11.4. The molecule has 174 valence electrons. The highest BCUT2D eigenvalue weighted by atomic mass is 32.2. The largest absolute Gasteiger partial charge is 0.336 e. The zero-order valence-electron chi connectivity index (χ0n) is 19.4. The van der Waals surface area contributed by atoms with E-state index in [1.54, 1.807) is 4.52 Å². The molecule has 0 N–H and O–H groups in total. The number of fused-ring (bicyclic) bond motifs is 1. The van der Waals surface area contributed by atoms with Crippen molar-refractivity contribution in [3.63, 3.8) is 0 Å². The fourth-order valence-corrected chi connectivity index (χ4v) is 5.05. The van der Waals surface area contributed by atoms with Gasteiger partial charge in [0.2, 0.25) is 5.16 Å². The van der Waals surface area contributed by atoms with Crippen molar-refractivity contribution in [3.8, 4) is 0 Å². The monoisotopic (exact) mass is 473 g/mol. The summed E-state index contributed by atoms with van der Waals surface area (Å²) in [5.41, 5.74) is 4.92. The summed E-state index contributed by atoms with van der Waals surface area (Å²) in [6, 6.07) is 13.9. The summed E-state index contributed by atoms with van der Waals surface area (Å²) in [6.07, 6.45) is 3.65. The molecule has 0 unspecified atom stereocenters. The molecule has 0 bridgehead atoms. The van der Waals surface area contributed by atoms with Gasteiger partial charge in [0.15, 0.2) is 0 Å². The fourth-order valence-electron chi connectivity index (χ4n) is 4.23. The van der Waals surface area contributed by atoms with Crippen LogP contribution in [0.2, 0.25) is 0 Å². The summed E-state index contributed by atoms with van der Waals surface area (Å²) >= 11 is 1.53. The second-order valence-electron chi connectivity index (χ2n) is 8.51. The number of pyridine rings is 1. The van der Waals surface area contributed by atoms with E-state index in [4.69, 9.17) is 0 Å². The molecule has 3 aromatic heterocycles. The molecule has 1 aliphatic rings. The molecule has 0 saturated carbocycles. The molecule has 0 spiro atoms. The van der Waals surface area contributed by atoms with Crippen molar-refractivity contribution < 1.29 is 4.79 Å². The van der Waals surface area contributed by atoms with Crippen molar-refractivity contribution >= 4 is 23.4 Å². The minimum atomic E-state index is 0.0934. The highest BCUT2D eigenvalue weighted by molar-refractivity contribution is 7.98. The topological polar surface area (TPSA) is 79.5 Å². The van der Waals surface area contributed by atoms with Gasteiger partial charge in [-0.1, -0.05) is 30.0 Å². The van der Waals surface area contributed by atoms with Gasteiger partial charge in [-0.25, -0.2) is 9.50 Å². The van der Waals surface area contributed by atoms with Gasteiger partial charge < -0.3 is 4.90 Å². The molecule has 0 aliphatic carbocycles. The Morgan fingerprint density at radius 1 is 1.00 bits per heavy atom. The lowest BCUT2D eigenvalue weighted by Crippen LogP contribution is -2.48. The van der Waals surface area contributed by atoms with Gasteiger partial charge in [0.25, 0.3) is 11.7 Å². The van der Waals surface area contributed by atoms with Gasteiger partial charge in [-0.2, -0.15) is 4.98 Å². The third-order valence-electron chi connectivity index (χ3n) is 6.02. The number of aromatic nitrogens is 5. The second-order valence-corrected chi connectivity index (χ2v) is 9.46. The van der Waals surface area contributed by atoms with Crippen LogP contribution in [-0.2, 0) is 12.3 Å². The quantitative estimate of drug-likeness (QED) is 0.397. The van der Waals surface area contributed by atoms with Gasteiger partial charge in [0, 0.05) is 67.8 Å². The molecule has 34 heavy (non-hydrogen) atoms. The molecule has 0 radical (unpaired) electrons. The van der Waals surface area contributed by atoms with Crippen LogP contribution in [0.25, 0.3) is 5.78 Å². The average molecular weight is 474 g/mol. The van der Waals surface area contributed by atoms with Crippen LogP contribution < -0.4 is 0 Å². The highest BCUT2D eigenvalue weighted by Gasteiger charge is 2.24. The molecule has 9 heteroatoms.